The summed E-state index contributed by atoms with van der Waals surface area (Å²) in [5, 5.41) is 7.26. The van der Waals surface area contributed by atoms with Gasteiger partial charge in [0.2, 0.25) is 0 Å². The lowest BCUT2D eigenvalue weighted by Crippen LogP contribution is -1.97. The quantitative estimate of drug-likeness (QED) is 0.916. The van der Waals surface area contributed by atoms with E-state index in [4.69, 9.17) is 10.5 Å². The van der Waals surface area contributed by atoms with Crippen molar-refractivity contribution in [3.05, 3.63) is 33.4 Å². The summed E-state index contributed by atoms with van der Waals surface area (Å²) in [5.41, 5.74) is 10.6. The van der Waals surface area contributed by atoms with Crippen LogP contribution in [0.25, 0.3) is 11.3 Å². The number of hydrogen-bond donors (Lipinski definition) is 2. The molecule has 0 amide bonds. The molecule has 3 N–H and O–H groups in total. The van der Waals surface area contributed by atoms with Gasteiger partial charge in [0, 0.05) is 12.1 Å². The molecule has 1 aromatic carbocycles. The van der Waals surface area contributed by atoms with Crippen molar-refractivity contribution in [3.63, 3.8) is 0 Å². The van der Waals surface area contributed by atoms with Gasteiger partial charge in [-0.15, -0.1) is 0 Å². The first-order chi connectivity index (χ1) is 8.58. The molecule has 0 aliphatic rings. The summed E-state index contributed by atoms with van der Waals surface area (Å²) in [6, 6.07) is 4.12. The molecule has 18 heavy (non-hydrogen) atoms. The summed E-state index contributed by atoms with van der Waals surface area (Å²) in [5.74, 6) is 0.822. The molecule has 0 saturated carbocycles. The van der Waals surface area contributed by atoms with Crippen LogP contribution in [0.4, 0.5) is 0 Å². The zero-order valence-electron chi connectivity index (χ0n) is 10.7. The second-order valence-corrected chi connectivity index (χ2v) is 5.02. The number of nitrogens with zero attached hydrogens (tertiary/aromatic N) is 1. The van der Waals surface area contributed by atoms with E-state index in [0.29, 0.717) is 6.54 Å². The van der Waals surface area contributed by atoms with Gasteiger partial charge in [-0.2, -0.15) is 5.10 Å². The third-order valence-electron chi connectivity index (χ3n) is 2.88. The first kappa shape index (κ1) is 13.1. The van der Waals surface area contributed by atoms with E-state index in [0.717, 1.165) is 32.7 Å². The molecule has 96 valence electrons. The molecule has 0 spiro atoms. The zero-order valence-corrected chi connectivity index (χ0v) is 12.3. The Kier molecular flexibility index (Phi) is 3.73. The Hall–Kier alpha value is -1.33. The SMILES string of the molecule is COc1cc(C)cc(C)c1-c1n[nH]c(CN)c1Br. The van der Waals surface area contributed by atoms with E-state index in [2.05, 4.69) is 32.2 Å². The Morgan fingerprint density at radius 1 is 1.39 bits per heavy atom. The van der Waals surface area contributed by atoms with Crippen molar-refractivity contribution >= 4 is 15.9 Å². The van der Waals surface area contributed by atoms with Gasteiger partial charge in [0.05, 0.1) is 17.3 Å². The fourth-order valence-corrected chi connectivity index (χ4v) is 2.60. The number of nitrogens with two attached hydrogens (primary N) is 1. The Balaban J connectivity index is 2.66. The summed E-state index contributed by atoms with van der Waals surface area (Å²) in [6.07, 6.45) is 0. The third kappa shape index (κ3) is 2.15. The van der Waals surface area contributed by atoms with Crippen LogP contribution in [0.1, 0.15) is 16.8 Å². The highest BCUT2D eigenvalue weighted by atomic mass is 79.9. The lowest BCUT2D eigenvalue weighted by molar-refractivity contribution is 0.415. The molecule has 0 bridgehead atoms. The number of benzene rings is 1. The maximum atomic E-state index is 5.64. The molecule has 0 fully saturated rings. The summed E-state index contributed by atoms with van der Waals surface area (Å²) in [7, 11) is 1.67. The predicted molar refractivity (Wildman–Crippen MR) is 75.6 cm³/mol. The van der Waals surface area contributed by atoms with Gasteiger partial charge in [-0.05, 0) is 47.0 Å². The average Bonchev–Trinajstić information content (AvgIpc) is 2.69. The molecule has 2 rings (SSSR count). The molecule has 2 aromatic rings. The third-order valence-corrected chi connectivity index (χ3v) is 3.73. The van der Waals surface area contributed by atoms with Crippen LogP contribution in [0.15, 0.2) is 16.6 Å². The van der Waals surface area contributed by atoms with Crippen molar-refractivity contribution in [1.29, 1.82) is 0 Å². The molecule has 1 aromatic heterocycles. The topological polar surface area (TPSA) is 63.9 Å². The molecule has 0 aliphatic heterocycles. The van der Waals surface area contributed by atoms with Crippen molar-refractivity contribution in [1.82, 2.24) is 10.2 Å². The lowest BCUT2D eigenvalue weighted by atomic mass is 10.0. The lowest BCUT2D eigenvalue weighted by Gasteiger charge is -2.11. The predicted octanol–water partition coefficient (Wildman–Crippen LogP) is 2.92. The van der Waals surface area contributed by atoms with Crippen LogP contribution in [0, 0.1) is 13.8 Å². The Morgan fingerprint density at radius 3 is 2.67 bits per heavy atom. The second-order valence-electron chi connectivity index (χ2n) is 4.23. The minimum atomic E-state index is 0.417. The van der Waals surface area contributed by atoms with Crippen LogP contribution in [0.2, 0.25) is 0 Å². The highest BCUT2D eigenvalue weighted by Gasteiger charge is 2.18. The number of ether oxygens (including phenoxy) is 1. The number of aromatic amines is 1. The number of nitrogens with one attached hydrogen (secondary N) is 1. The van der Waals surface area contributed by atoms with E-state index in [-0.39, 0.29) is 0 Å². The smallest absolute Gasteiger partial charge is 0.128 e. The fraction of sp³-hybridized carbons (Fsp3) is 0.308. The van der Waals surface area contributed by atoms with Crippen molar-refractivity contribution < 1.29 is 4.74 Å². The summed E-state index contributed by atoms with van der Waals surface area (Å²) in [4.78, 5) is 0. The molecular formula is C13H16BrN3O. The first-order valence-electron chi connectivity index (χ1n) is 5.67. The molecule has 0 atom stereocenters. The van der Waals surface area contributed by atoms with E-state index in [1.54, 1.807) is 7.11 Å². The van der Waals surface area contributed by atoms with Gasteiger partial charge >= 0.3 is 0 Å². The van der Waals surface area contributed by atoms with Crippen molar-refractivity contribution in [3.8, 4) is 17.0 Å². The molecule has 0 saturated heterocycles. The maximum Gasteiger partial charge on any atom is 0.128 e. The van der Waals surface area contributed by atoms with Crippen LogP contribution in [-0.4, -0.2) is 17.3 Å². The summed E-state index contributed by atoms with van der Waals surface area (Å²) in [6.45, 7) is 4.51. The van der Waals surface area contributed by atoms with Crippen LogP contribution in [-0.2, 0) is 6.54 Å². The van der Waals surface area contributed by atoms with Gasteiger partial charge in [-0.25, -0.2) is 0 Å². The highest BCUT2D eigenvalue weighted by Crippen LogP contribution is 2.38. The minimum Gasteiger partial charge on any atom is -0.496 e. The van der Waals surface area contributed by atoms with Gasteiger partial charge in [0.15, 0.2) is 0 Å². The highest BCUT2D eigenvalue weighted by molar-refractivity contribution is 9.10. The second kappa shape index (κ2) is 5.12. The molecule has 4 nitrogen and oxygen atoms in total. The van der Waals surface area contributed by atoms with E-state index in [1.165, 1.54) is 5.56 Å². The van der Waals surface area contributed by atoms with Gasteiger partial charge < -0.3 is 10.5 Å². The van der Waals surface area contributed by atoms with E-state index in [1.807, 2.05) is 19.9 Å². The molecular weight excluding hydrogens is 294 g/mol. The van der Waals surface area contributed by atoms with Crippen LogP contribution in [0.3, 0.4) is 0 Å². The number of hydrogen-bond acceptors (Lipinski definition) is 3. The maximum absolute atomic E-state index is 5.64. The van der Waals surface area contributed by atoms with Crippen LogP contribution in [0.5, 0.6) is 5.75 Å². The average molecular weight is 310 g/mol. The number of methoxy groups -OCH3 is 1. The largest absolute Gasteiger partial charge is 0.496 e. The molecule has 0 aliphatic carbocycles. The van der Waals surface area contributed by atoms with Crippen LogP contribution < -0.4 is 10.5 Å². The molecule has 5 heteroatoms. The van der Waals surface area contributed by atoms with Gasteiger partial charge in [-0.3, -0.25) is 5.10 Å². The van der Waals surface area contributed by atoms with E-state index >= 15 is 0 Å². The van der Waals surface area contributed by atoms with E-state index in [9.17, 15) is 0 Å². The molecule has 0 radical (unpaired) electrons. The normalized spacial score (nSPS) is 10.7. The molecule has 1 heterocycles. The minimum absolute atomic E-state index is 0.417. The Labute approximate surface area is 115 Å². The Bertz CT molecular complexity index is 578. The van der Waals surface area contributed by atoms with Crippen molar-refractivity contribution in [2.75, 3.05) is 7.11 Å². The fourth-order valence-electron chi connectivity index (χ4n) is 2.06. The zero-order chi connectivity index (χ0) is 13.3. The molecule has 0 unspecified atom stereocenters. The summed E-state index contributed by atoms with van der Waals surface area (Å²) >= 11 is 3.53. The number of aromatic nitrogens is 2. The number of halogens is 1. The van der Waals surface area contributed by atoms with Crippen molar-refractivity contribution in [2.24, 2.45) is 5.73 Å². The van der Waals surface area contributed by atoms with Gasteiger partial charge in [0.1, 0.15) is 11.4 Å². The van der Waals surface area contributed by atoms with Crippen LogP contribution >= 0.6 is 15.9 Å². The first-order valence-corrected chi connectivity index (χ1v) is 6.46. The Morgan fingerprint density at radius 2 is 2.11 bits per heavy atom. The van der Waals surface area contributed by atoms with E-state index < -0.39 is 0 Å². The number of H-pyrrole nitrogens is 1. The van der Waals surface area contributed by atoms with Gasteiger partial charge in [0.25, 0.3) is 0 Å². The monoisotopic (exact) mass is 309 g/mol. The standard InChI is InChI=1S/C13H16BrN3O/c1-7-4-8(2)11(10(5-7)18-3)13-12(14)9(6-15)16-17-13/h4-5H,6,15H2,1-3H3,(H,16,17). The number of rotatable bonds is 3. The summed E-state index contributed by atoms with van der Waals surface area (Å²) < 4.78 is 6.35. The van der Waals surface area contributed by atoms with Gasteiger partial charge in [-0.1, -0.05) is 6.07 Å². The van der Waals surface area contributed by atoms with Crippen molar-refractivity contribution in [2.45, 2.75) is 20.4 Å². The number of aryl methyl sites for hydroxylation is 2.